The van der Waals surface area contributed by atoms with E-state index < -0.39 is 35.9 Å². The molecule has 0 bridgehead atoms. The average Bonchev–Trinajstić information content (AvgIpc) is 2.11. The molecule has 0 aliphatic carbocycles. The molecule has 1 rings (SSSR count). The lowest BCUT2D eigenvalue weighted by Crippen LogP contribution is -2.62. The van der Waals surface area contributed by atoms with Gasteiger partial charge in [0, 0.05) is 0 Å². The van der Waals surface area contributed by atoms with E-state index in [1.54, 1.807) is 0 Å². The van der Waals surface area contributed by atoms with E-state index in [2.05, 4.69) is 0 Å². The van der Waals surface area contributed by atoms with Crippen LogP contribution in [0.5, 0.6) is 0 Å². The monoisotopic (exact) mass is 232 g/mol. The van der Waals surface area contributed by atoms with Gasteiger partial charge >= 0.3 is 0 Å². The van der Waals surface area contributed by atoms with E-state index in [9.17, 15) is 20.1 Å². The Hall–Kier alpha value is -0.490. The van der Waals surface area contributed by atoms with Crippen LogP contribution in [0.1, 0.15) is 27.7 Å². The molecule has 0 aromatic carbocycles. The van der Waals surface area contributed by atoms with Crippen molar-refractivity contribution < 1.29 is 24.9 Å². The van der Waals surface area contributed by atoms with Crippen LogP contribution in [0, 0.1) is 5.41 Å². The molecule has 0 aromatic heterocycles. The number of hydrogen-bond donors (Lipinski definition) is 3. The highest BCUT2D eigenvalue weighted by Crippen LogP contribution is 2.33. The molecule has 5 atom stereocenters. The van der Waals surface area contributed by atoms with Crippen LogP contribution >= 0.6 is 0 Å². The predicted molar refractivity (Wildman–Crippen MR) is 56.8 cm³/mol. The number of hydrogen-bond acceptors (Lipinski definition) is 5. The molecular formula is C11H20O5. The number of Topliss-reactive ketones (excluding diaryl/α,β-unsaturated/α-hetero) is 1. The number of carbonyl (C=O) groups is 1. The summed E-state index contributed by atoms with van der Waals surface area (Å²) in [4.78, 5) is 11.3. The Balaban J connectivity index is 2.94. The minimum atomic E-state index is -1.37. The fourth-order valence-corrected chi connectivity index (χ4v) is 1.93. The molecular weight excluding hydrogens is 212 g/mol. The van der Waals surface area contributed by atoms with E-state index >= 15 is 0 Å². The van der Waals surface area contributed by atoms with Gasteiger partial charge in [-0.1, -0.05) is 20.8 Å². The molecule has 0 spiro atoms. The molecule has 0 aromatic rings. The Morgan fingerprint density at radius 1 is 1.06 bits per heavy atom. The second-order valence-corrected chi connectivity index (χ2v) is 5.43. The van der Waals surface area contributed by atoms with Gasteiger partial charge in [0.2, 0.25) is 0 Å². The van der Waals surface area contributed by atoms with Crippen molar-refractivity contribution in [1.82, 2.24) is 0 Å². The molecule has 3 N–H and O–H groups in total. The van der Waals surface area contributed by atoms with Gasteiger partial charge in [-0.15, -0.1) is 0 Å². The van der Waals surface area contributed by atoms with Gasteiger partial charge in [-0.3, -0.25) is 4.79 Å². The summed E-state index contributed by atoms with van der Waals surface area (Å²) < 4.78 is 5.40. The van der Waals surface area contributed by atoms with Gasteiger partial charge in [0.15, 0.2) is 5.78 Å². The van der Waals surface area contributed by atoms with Gasteiger partial charge in [-0.2, -0.15) is 0 Å². The van der Waals surface area contributed by atoms with Crippen molar-refractivity contribution >= 4 is 5.78 Å². The normalized spacial score (nSPS) is 40.8. The summed E-state index contributed by atoms with van der Waals surface area (Å²) in [5.74, 6) is -0.354. The van der Waals surface area contributed by atoms with Crippen molar-refractivity contribution in [2.24, 2.45) is 5.41 Å². The topological polar surface area (TPSA) is 87.0 Å². The Labute approximate surface area is 95.0 Å². The van der Waals surface area contributed by atoms with E-state index in [4.69, 9.17) is 4.74 Å². The summed E-state index contributed by atoms with van der Waals surface area (Å²) in [5, 5.41) is 29.1. The highest BCUT2D eigenvalue weighted by atomic mass is 16.5. The molecule has 1 aliphatic heterocycles. The first-order valence-corrected chi connectivity index (χ1v) is 5.36. The van der Waals surface area contributed by atoms with Crippen LogP contribution in [-0.4, -0.2) is 51.6 Å². The third kappa shape index (κ3) is 2.43. The van der Waals surface area contributed by atoms with Crippen molar-refractivity contribution in [1.29, 1.82) is 0 Å². The standard InChI is InChI=1S/C11H20O5/c1-5(12)9-7(14)6(13)8(15)10(16-9)11(2,3)4/h6-10,13-15H,1-4H3/t6?,7-,8?,9?,10-/m1/s1. The van der Waals surface area contributed by atoms with E-state index in [0.29, 0.717) is 0 Å². The quantitative estimate of drug-likeness (QED) is 0.566. The molecule has 0 radical (unpaired) electrons. The van der Waals surface area contributed by atoms with Crippen molar-refractivity contribution in [2.75, 3.05) is 0 Å². The average molecular weight is 232 g/mol. The zero-order valence-corrected chi connectivity index (χ0v) is 10.0. The SMILES string of the molecule is CC(=O)C1O[C@@H](C(C)(C)C)C(O)C(O)[C@H]1O. The van der Waals surface area contributed by atoms with Crippen LogP contribution in [-0.2, 0) is 9.53 Å². The molecule has 0 amide bonds. The second-order valence-electron chi connectivity index (χ2n) is 5.43. The van der Waals surface area contributed by atoms with Crippen molar-refractivity contribution in [3.63, 3.8) is 0 Å². The molecule has 1 heterocycles. The van der Waals surface area contributed by atoms with E-state index in [-0.39, 0.29) is 5.78 Å². The summed E-state index contributed by atoms with van der Waals surface area (Å²) in [6.07, 6.45) is -5.66. The highest BCUT2D eigenvalue weighted by molar-refractivity contribution is 5.81. The van der Waals surface area contributed by atoms with E-state index in [1.807, 2.05) is 20.8 Å². The summed E-state index contributed by atoms with van der Waals surface area (Å²) in [6.45, 7) is 6.80. The van der Waals surface area contributed by atoms with Crippen LogP contribution in [0.2, 0.25) is 0 Å². The molecule has 3 unspecified atom stereocenters. The number of aliphatic hydroxyl groups is 3. The summed E-state index contributed by atoms with van der Waals surface area (Å²) in [7, 11) is 0. The maximum atomic E-state index is 11.3. The first kappa shape index (κ1) is 13.6. The summed E-state index contributed by atoms with van der Waals surface area (Å²) >= 11 is 0. The van der Waals surface area contributed by atoms with Gasteiger partial charge in [-0.05, 0) is 12.3 Å². The lowest BCUT2D eigenvalue weighted by molar-refractivity contribution is -0.239. The molecule has 5 heteroatoms. The Morgan fingerprint density at radius 2 is 1.56 bits per heavy atom. The molecule has 1 fully saturated rings. The molecule has 1 saturated heterocycles. The molecule has 5 nitrogen and oxygen atoms in total. The van der Waals surface area contributed by atoms with Gasteiger partial charge < -0.3 is 20.1 Å². The fraction of sp³-hybridized carbons (Fsp3) is 0.909. The third-order valence-electron chi connectivity index (χ3n) is 2.87. The van der Waals surface area contributed by atoms with Crippen LogP contribution < -0.4 is 0 Å². The Kier molecular flexibility index (Phi) is 3.74. The number of ether oxygens (including phenoxy) is 1. The van der Waals surface area contributed by atoms with Crippen LogP contribution in [0.3, 0.4) is 0 Å². The van der Waals surface area contributed by atoms with Crippen LogP contribution in [0.4, 0.5) is 0 Å². The van der Waals surface area contributed by atoms with Crippen LogP contribution in [0.25, 0.3) is 0 Å². The maximum absolute atomic E-state index is 11.3. The Morgan fingerprint density at radius 3 is 1.94 bits per heavy atom. The predicted octanol–water partition coefficient (Wildman–Crippen LogP) is -0.528. The van der Waals surface area contributed by atoms with Gasteiger partial charge in [-0.25, -0.2) is 0 Å². The number of carbonyl (C=O) groups excluding carboxylic acids is 1. The highest BCUT2D eigenvalue weighted by Gasteiger charge is 2.49. The lowest BCUT2D eigenvalue weighted by atomic mass is 9.80. The molecule has 1 aliphatic rings. The minimum Gasteiger partial charge on any atom is -0.388 e. The molecule has 94 valence electrons. The minimum absolute atomic E-state index is 0.354. The van der Waals surface area contributed by atoms with Crippen molar-refractivity contribution in [3.8, 4) is 0 Å². The second kappa shape index (κ2) is 4.41. The first-order chi connectivity index (χ1) is 7.16. The largest absolute Gasteiger partial charge is 0.388 e. The fourth-order valence-electron chi connectivity index (χ4n) is 1.93. The zero-order valence-electron chi connectivity index (χ0n) is 10.0. The Bertz CT molecular complexity index is 270. The molecule has 16 heavy (non-hydrogen) atoms. The van der Waals surface area contributed by atoms with Crippen LogP contribution in [0.15, 0.2) is 0 Å². The van der Waals surface area contributed by atoms with Gasteiger partial charge in [0.05, 0.1) is 6.10 Å². The van der Waals surface area contributed by atoms with E-state index in [1.165, 1.54) is 6.92 Å². The summed E-state index contributed by atoms with van der Waals surface area (Å²) in [6, 6.07) is 0. The molecule has 0 saturated carbocycles. The number of aliphatic hydroxyl groups excluding tert-OH is 3. The maximum Gasteiger partial charge on any atom is 0.161 e. The lowest BCUT2D eigenvalue weighted by Gasteiger charge is -2.45. The third-order valence-corrected chi connectivity index (χ3v) is 2.87. The number of ketones is 1. The van der Waals surface area contributed by atoms with Gasteiger partial charge in [0.25, 0.3) is 0 Å². The van der Waals surface area contributed by atoms with Crippen molar-refractivity contribution in [2.45, 2.75) is 58.2 Å². The van der Waals surface area contributed by atoms with Gasteiger partial charge in [0.1, 0.15) is 24.4 Å². The number of rotatable bonds is 1. The first-order valence-electron chi connectivity index (χ1n) is 5.36. The van der Waals surface area contributed by atoms with E-state index in [0.717, 1.165) is 0 Å². The smallest absolute Gasteiger partial charge is 0.161 e. The summed E-state index contributed by atoms with van der Waals surface area (Å²) in [5.41, 5.74) is -0.422. The zero-order chi connectivity index (χ0) is 12.7. The van der Waals surface area contributed by atoms with Crippen molar-refractivity contribution in [3.05, 3.63) is 0 Å².